The summed E-state index contributed by atoms with van der Waals surface area (Å²) in [7, 11) is 0. The standard InChI is InChI=1S/C19H24N2O2/c1-14-7-5-11-21(13-14)12-6-10-20-17-16(18(22)19(17)23)15-8-3-2-4-9-15/h2-4,8-9,14,20H,5-7,10-13H2,1H3. The number of likely N-dealkylation sites (tertiary alicyclic amines) is 1. The number of anilines is 1. The van der Waals surface area contributed by atoms with Crippen molar-refractivity contribution in [2.75, 3.05) is 31.5 Å². The first kappa shape index (κ1) is 15.9. The van der Waals surface area contributed by atoms with Crippen molar-refractivity contribution in [2.24, 2.45) is 5.92 Å². The number of piperidine rings is 1. The maximum absolute atomic E-state index is 11.8. The maximum Gasteiger partial charge on any atom is 0.250 e. The first-order valence-corrected chi connectivity index (χ1v) is 8.52. The fourth-order valence-electron chi connectivity index (χ4n) is 3.45. The third-order valence-electron chi connectivity index (χ3n) is 4.67. The van der Waals surface area contributed by atoms with Gasteiger partial charge < -0.3 is 10.2 Å². The molecular formula is C19H24N2O2. The lowest BCUT2D eigenvalue weighted by Crippen LogP contribution is -2.38. The highest BCUT2D eigenvalue weighted by Gasteiger charge is 2.21. The highest BCUT2D eigenvalue weighted by atomic mass is 16.2. The van der Waals surface area contributed by atoms with E-state index in [1.165, 1.54) is 25.9 Å². The molecule has 1 aliphatic rings. The smallest absolute Gasteiger partial charge is 0.250 e. The van der Waals surface area contributed by atoms with Crippen LogP contribution in [0.2, 0.25) is 0 Å². The molecule has 23 heavy (non-hydrogen) atoms. The van der Waals surface area contributed by atoms with Gasteiger partial charge in [-0.3, -0.25) is 9.59 Å². The predicted molar refractivity (Wildman–Crippen MR) is 94.7 cm³/mol. The van der Waals surface area contributed by atoms with Gasteiger partial charge in [0.1, 0.15) is 0 Å². The Morgan fingerprint density at radius 1 is 1.17 bits per heavy atom. The van der Waals surface area contributed by atoms with Gasteiger partial charge in [-0.15, -0.1) is 0 Å². The van der Waals surface area contributed by atoms with Crippen molar-refractivity contribution in [3.8, 4) is 11.1 Å². The van der Waals surface area contributed by atoms with Crippen LogP contribution in [0, 0.1) is 5.92 Å². The van der Waals surface area contributed by atoms with Crippen LogP contribution in [0.3, 0.4) is 0 Å². The van der Waals surface area contributed by atoms with E-state index in [4.69, 9.17) is 0 Å². The van der Waals surface area contributed by atoms with Crippen molar-refractivity contribution in [2.45, 2.75) is 26.2 Å². The van der Waals surface area contributed by atoms with Crippen LogP contribution in [0.4, 0.5) is 5.69 Å². The van der Waals surface area contributed by atoms with Crippen LogP contribution in [0.15, 0.2) is 39.9 Å². The average Bonchev–Trinajstić information content (AvgIpc) is 2.57. The van der Waals surface area contributed by atoms with Crippen molar-refractivity contribution < 1.29 is 0 Å². The van der Waals surface area contributed by atoms with Crippen LogP contribution in [-0.2, 0) is 0 Å². The number of benzene rings is 1. The molecule has 0 aliphatic carbocycles. The lowest BCUT2D eigenvalue weighted by atomic mass is 9.98. The van der Waals surface area contributed by atoms with Crippen molar-refractivity contribution in [1.29, 1.82) is 0 Å². The van der Waals surface area contributed by atoms with E-state index >= 15 is 0 Å². The number of rotatable bonds is 6. The van der Waals surface area contributed by atoms with Crippen molar-refractivity contribution >= 4 is 5.69 Å². The Morgan fingerprint density at radius 2 is 1.96 bits per heavy atom. The van der Waals surface area contributed by atoms with Crippen LogP contribution in [0.5, 0.6) is 0 Å². The molecule has 0 spiro atoms. The van der Waals surface area contributed by atoms with Gasteiger partial charge in [-0.2, -0.15) is 0 Å². The summed E-state index contributed by atoms with van der Waals surface area (Å²) >= 11 is 0. The summed E-state index contributed by atoms with van der Waals surface area (Å²) < 4.78 is 0. The number of hydrogen-bond donors (Lipinski definition) is 1. The molecule has 122 valence electrons. The van der Waals surface area contributed by atoms with E-state index in [0.717, 1.165) is 31.0 Å². The van der Waals surface area contributed by atoms with Gasteiger partial charge in [0, 0.05) is 13.1 Å². The van der Waals surface area contributed by atoms with Gasteiger partial charge in [0.05, 0.1) is 11.3 Å². The second-order valence-corrected chi connectivity index (χ2v) is 6.60. The molecule has 0 saturated carbocycles. The van der Waals surface area contributed by atoms with Gasteiger partial charge in [-0.05, 0) is 43.8 Å². The Morgan fingerprint density at radius 3 is 2.70 bits per heavy atom. The molecule has 1 heterocycles. The van der Waals surface area contributed by atoms with Gasteiger partial charge in [-0.25, -0.2) is 0 Å². The van der Waals surface area contributed by atoms with Crippen LogP contribution < -0.4 is 16.2 Å². The van der Waals surface area contributed by atoms with E-state index in [0.29, 0.717) is 11.3 Å². The molecule has 1 aliphatic heterocycles. The minimum atomic E-state index is -0.379. The minimum Gasteiger partial charge on any atom is -0.381 e. The quantitative estimate of drug-likeness (QED) is 0.658. The van der Waals surface area contributed by atoms with E-state index in [-0.39, 0.29) is 10.9 Å². The maximum atomic E-state index is 11.8. The number of nitrogens with one attached hydrogen (secondary N) is 1. The molecule has 0 radical (unpaired) electrons. The molecule has 0 bridgehead atoms. The normalized spacial score (nSPS) is 19.1. The molecule has 1 atom stereocenters. The molecule has 2 aromatic rings. The molecule has 0 aromatic heterocycles. The zero-order valence-corrected chi connectivity index (χ0v) is 13.7. The Balaban J connectivity index is 1.54. The summed E-state index contributed by atoms with van der Waals surface area (Å²) in [6.07, 6.45) is 3.60. The summed E-state index contributed by atoms with van der Waals surface area (Å²) in [4.78, 5) is 26.1. The lowest BCUT2D eigenvalue weighted by molar-refractivity contribution is 0.183. The van der Waals surface area contributed by atoms with Crippen LogP contribution in [0.25, 0.3) is 11.1 Å². The summed E-state index contributed by atoms with van der Waals surface area (Å²) in [6.45, 7) is 6.44. The topological polar surface area (TPSA) is 49.4 Å². The zero-order chi connectivity index (χ0) is 16.2. The van der Waals surface area contributed by atoms with Gasteiger partial charge in [0.15, 0.2) is 0 Å². The van der Waals surface area contributed by atoms with Gasteiger partial charge >= 0.3 is 0 Å². The monoisotopic (exact) mass is 312 g/mol. The summed E-state index contributed by atoms with van der Waals surface area (Å²) in [5.74, 6) is 0.787. The second kappa shape index (κ2) is 7.09. The van der Waals surface area contributed by atoms with Crippen LogP contribution >= 0.6 is 0 Å². The van der Waals surface area contributed by atoms with Crippen molar-refractivity contribution in [3.63, 3.8) is 0 Å². The molecule has 1 fully saturated rings. The van der Waals surface area contributed by atoms with Crippen LogP contribution in [0.1, 0.15) is 26.2 Å². The van der Waals surface area contributed by atoms with E-state index in [9.17, 15) is 9.59 Å². The number of hydrogen-bond acceptors (Lipinski definition) is 4. The first-order valence-electron chi connectivity index (χ1n) is 8.52. The molecule has 1 saturated heterocycles. The first-order chi connectivity index (χ1) is 11.2. The summed E-state index contributed by atoms with van der Waals surface area (Å²) in [6, 6.07) is 9.41. The molecule has 0 amide bonds. The zero-order valence-electron chi connectivity index (χ0n) is 13.7. The SMILES string of the molecule is CC1CCCN(CCCNc2c(-c3ccccc3)c(=O)c2=O)C1. The fourth-order valence-corrected chi connectivity index (χ4v) is 3.45. The Hall–Kier alpha value is -1.94. The summed E-state index contributed by atoms with van der Waals surface area (Å²) in [5, 5.41) is 3.18. The lowest BCUT2D eigenvalue weighted by Gasteiger charge is -2.30. The van der Waals surface area contributed by atoms with Gasteiger partial charge in [-0.1, -0.05) is 37.3 Å². The fraction of sp³-hybridized carbons (Fsp3) is 0.474. The molecule has 3 rings (SSSR count). The van der Waals surface area contributed by atoms with Crippen molar-refractivity contribution in [3.05, 3.63) is 50.8 Å². The Kier molecular flexibility index (Phi) is 4.91. The minimum absolute atomic E-state index is 0.372. The van der Waals surface area contributed by atoms with E-state index in [1.807, 2.05) is 30.3 Å². The van der Waals surface area contributed by atoms with E-state index in [2.05, 4.69) is 17.1 Å². The highest BCUT2D eigenvalue weighted by molar-refractivity contribution is 5.81. The molecule has 1 N–H and O–H groups in total. The second-order valence-electron chi connectivity index (χ2n) is 6.60. The Labute approximate surface area is 136 Å². The third kappa shape index (κ3) is 3.53. The van der Waals surface area contributed by atoms with Gasteiger partial charge in [0.25, 0.3) is 0 Å². The van der Waals surface area contributed by atoms with Gasteiger partial charge in [0.2, 0.25) is 10.9 Å². The average molecular weight is 312 g/mol. The highest BCUT2D eigenvalue weighted by Crippen LogP contribution is 2.23. The Bertz CT molecular complexity index is 717. The largest absolute Gasteiger partial charge is 0.381 e. The van der Waals surface area contributed by atoms with E-state index in [1.54, 1.807) is 0 Å². The molecule has 1 unspecified atom stereocenters. The molecule has 4 heteroatoms. The number of nitrogens with zero attached hydrogens (tertiary/aromatic N) is 1. The van der Waals surface area contributed by atoms with E-state index < -0.39 is 0 Å². The van der Waals surface area contributed by atoms with Crippen molar-refractivity contribution in [1.82, 2.24) is 4.90 Å². The van der Waals surface area contributed by atoms with Crippen LogP contribution in [-0.4, -0.2) is 31.1 Å². The predicted octanol–water partition coefficient (Wildman–Crippen LogP) is 2.48. The summed E-state index contributed by atoms with van der Waals surface area (Å²) in [5.41, 5.74) is 1.11. The molecule has 4 nitrogen and oxygen atoms in total. The molecular weight excluding hydrogens is 288 g/mol. The third-order valence-corrected chi connectivity index (χ3v) is 4.67. The molecule has 2 aromatic carbocycles.